The summed E-state index contributed by atoms with van der Waals surface area (Å²) in [5.74, 6) is -0.802. The molecule has 8 heteroatoms. The first-order valence-corrected chi connectivity index (χ1v) is 4.95. The number of aliphatic hydroxyl groups excluding tert-OH is 1. The number of amides is 2. The molecule has 0 radical (unpaired) electrons. The van der Waals surface area contributed by atoms with Gasteiger partial charge in [-0.15, -0.1) is 0 Å². The van der Waals surface area contributed by atoms with Crippen molar-refractivity contribution in [3.63, 3.8) is 0 Å². The number of urea groups is 1. The second-order valence-electron chi connectivity index (χ2n) is 3.40. The SMILES string of the molecule is CC(NC(=O)NC[C@H](O)C(=O)O)c1ncc[nH]1. The van der Waals surface area contributed by atoms with Gasteiger partial charge >= 0.3 is 12.0 Å². The van der Waals surface area contributed by atoms with Crippen LogP contribution >= 0.6 is 0 Å². The molecule has 0 aliphatic rings. The van der Waals surface area contributed by atoms with Crippen LogP contribution in [0.1, 0.15) is 18.8 Å². The number of carbonyl (C=O) groups excluding carboxylic acids is 1. The number of imidazole rings is 1. The van der Waals surface area contributed by atoms with Gasteiger partial charge in [0.15, 0.2) is 6.10 Å². The highest BCUT2D eigenvalue weighted by Gasteiger charge is 2.15. The van der Waals surface area contributed by atoms with Crippen molar-refractivity contribution in [3.8, 4) is 0 Å². The van der Waals surface area contributed by atoms with Crippen LogP contribution in [0.2, 0.25) is 0 Å². The van der Waals surface area contributed by atoms with Crippen molar-refractivity contribution in [2.24, 2.45) is 0 Å². The first-order valence-electron chi connectivity index (χ1n) is 4.95. The molecule has 94 valence electrons. The van der Waals surface area contributed by atoms with Crippen molar-refractivity contribution in [3.05, 3.63) is 18.2 Å². The predicted octanol–water partition coefficient (Wildman–Crippen LogP) is -0.785. The number of aromatic amines is 1. The lowest BCUT2D eigenvalue weighted by Gasteiger charge is -2.13. The van der Waals surface area contributed by atoms with Crippen LogP contribution < -0.4 is 10.6 Å². The van der Waals surface area contributed by atoms with E-state index in [0.29, 0.717) is 5.82 Å². The van der Waals surface area contributed by atoms with Gasteiger partial charge in [0.25, 0.3) is 0 Å². The Hall–Kier alpha value is -2.09. The lowest BCUT2D eigenvalue weighted by Crippen LogP contribution is -2.42. The number of nitrogens with one attached hydrogen (secondary N) is 3. The standard InChI is InChI=1S/C9H14N4O4/c1-5(7-10-2-3-11-7)13-9(17)12-4-6(14)8(15)16/h2-3,5-6,14H,4H2,1H3,(H,10,11)(H,15,16)(H2,12,13,17)/t5?,6-/m0/s1. The smallest absolute Gasteiger partial charge is 0.334 e. The van der Waals surface area contributed by atoms with E-state index in [0.717, 1.165) is 0 Å². The van der Waals surface area contributed by atoms with Gasteiger partial charge < -0.3 is 25.8 Å². The van der Waals surface area contributed by atoms with Gasteiger partial charge in [0.2, 0.25) is 0 Å². The largest absolute Gasteiger partial charge is 0.479 e. The summed E-state index contributed by atoms with van der Waals surface area (Å²) in [4.78, 5) is 28.4. The molecule has 0 fully saturated rings. The number of rotatable bonds is 5. The molecule has 2 atom stereocenters. The minimum Gasteiger partial charge on any atom is -0.479 e. The maximum Gasteiger partial charge on any atom is 0.334 e. The van der Waals surface area contributed by atoms with E-state index in [-0.39, 0.29) is 12.6 Å². The molecule has 0 spiro atoms. The van der Waals surface area contributed by atoms with Crippen LogP contribution in [0, 0.1) is 0 Å². The van der Waals surface area contributed by atoms with E-state index < -0.39 is 18.1 Å². The van der Waals surface area contributed by atoms with Crippen molar-refractivity contribution in [1.82, 2.24) is 20.6 Å². The Morgan fingerprint density at radius 2 is 2.29 bits per heavy atom. The number of carboxylic acid groups (broad SMARTS) is 1. The molecule has 0 aromatic carbocycles. The number of carboxylic acids is 1. The molecule has 1 unspecified atom stereocenters. The van der Waals surface area contributed by atoms with Gasteiger partial charge in [0.1, 0.15) is 5.82 Å². The van der Waals surface area contributed by atoms with Gasteiger partial charge in [-0.05, 0) is 6.92 Å². The highest BCUT2D eigenvalue weighted by molar-refractivity contribution is 5.76. The third-order valence-corrected chi connectivity index (χ3v) is 2.02. The van der Waals surface area contributed by atoms with Crippen LogP contribution in [0.4, 0.5) is 4.79 Å². The van der Waals surface area contributed by atoms with Gasteiger partial charge in [-0.25, -0.2) is 14.6 Å². The van der Waals surface area contributed by atoms with Crippen molar-refractivity contribution < 1.29 is 19.8 Å². The monoisotopic (exact) mass is 242 g/mol. The summed E-state index contributed by atoms with van der Waals surface area (Å²) >= 11 is 0. The zero-order valence-electron chi connectivity index (χ0n) is 9.17. The second kappa shape index (κ2) is 5.85. The molecule has 2 amide bonds. The van der Waals surface area contributed by atoms with Crippen LogP contribution in [-0.4, -0.2) is 44.8 Å². The van der Waals surface area contributed by atoms with Crippen molar-refractivity contribution in [2.75, 3.05) is 6.54 Å². The van der Waals surface area contributed by atoms with Gasteiger partial charge in [-0.2, -0.15) is 0 Å². The lowest BCUT2D eigenvalue weighted by molar-refractivity contribution is -0.146. The molecule has 0 aliphatic heterocycles. The number of aliphatic hydroxyl groups is 1. The highest BCUT2D eigenvalue weighted by atomic mass is 16.4. The van der Waals surface area contributed by atoms with Gasteiger partial charge in [0, 0.05) is 12.4 Å². The van der Waals surface area contributed by atoms with E-state index in [2.05, 4.69) is 20.6 Å². The number of carbonyl (C=O) groups is 2. The Morgan fingerprint density at radius 1 is 1.59 bits per heavy atom. The Morgan fingerprint density at radius 3 is 2.82 bits per heavy atom. The summed E-state index contributed by atoms with van der Waals surface area (Å²) in [5.41, 5.74) is 0. The molecule has 1 aromatic rings. The summed E-state index contributed by atoms with van der Waals surface area (Å²) in [6.07, 6.45) is 1.57. The average molecular weight is 242 g/mol. The van der Waals surface area contributed by atoms with Crippen LogP contribution in [0.3, 0.4) is 0 Å². The molecule has 5 N–H and O–H groups in total. The fourth-order valence-electron chi connectivity index (χ4n) is 1.11. The maximum atomic E-state index is 11.3. The predicted molar refractivity (Wildman–Crippen MR) is 57.2 cm³/mol. The molecule has 8 nitrogen and oxygen atoms in total. The zero-order valence-corrected chi connectivity index (χ0v) is 9.17. The second-order valence-corrected chi connectivity index (χ2v) is 3.40. The topological polar surface area (TPSA) is 127 Å². The Kier molecular flexibility index (Phi) is 4.46. The molecule has 0 saturated carbocycles. The third-order valence-electron chi connectivity index (χ3n) is 2.02. The molecule has 1 aromatic heterocycles. The van der Waals surface area contributed by atoms with E-state index in [1.165, 1.54) is 0 Å². The lowest BCUT2D eigenvalue weighted by atomic mass is 10.3. The Bertz CT molecular complexity index is 378. The van der Waals surface area contributed by atoms with Gasteiger partial charge in [-0.1, -0.05) is 0 Å². The highest BCUT2D eigenvalue weighted by Crippen LogP contribution is 2.04. The normalized spacial score (nSPS) is 13.8. The Labute approximate surface area is 97.1 Å². The number of hydrogen-bond acceptors (Lipinski definition) is 4. The fraction of sp³-hybridized carbons (Fsp3) is 0.444. The minimum absolute atomic E-state index is 0.341. The van der Waals surface area contributed by atoms with E-state index >= 15 is 0 Å². The Balaban J connectivity index is 2.32. The number of nitrogens with zero attached hydrogens (tertiary/aromatic N) is 1. The maximum absolute atomic E-state index is 11.3. The zero-order chi connectivity index (χ0) is 12.8. The molecule has 0 bridgehead atoms. The first kappa shape index (κ1) is 13.0. The quantitative estimate of drug-likeness (QED) is 0.462. The van der Waals surface area contributed by atoms with Gasteiger partial charge in [0.05, 0.1) is 12.6 Å². The molecule has 1 heterocycles. The summed E-state index contributed by atoms with van der Waals surface area (Å²) in [7, 11) is 0. The molecular formula is C9H14N4O4. The van der Waals surface area contributed by atoms with Crippen molar-refractivity contribution >= 4 is 12.0 Å². The minimum atomic E-state index is -1.61. The molecule has 0 saturated heterocycles. The summed E-state index contributed by atoms with van der Waals surface area (Å²) in [6.45, 7) is 1.36. The summed E-state index contributed by atoms with van der Waals surface area (Å²) < 4.78 is 0. The summed E-state index contributed by atoms with van der Waals surface area (Å²) in [6, 6.07) is -0.916. The van der Waals surface area contributed by atoms with Crippen LogP contribution in [0.5, 0.6) is 0 Å². The average Bonchev–Trinajstić information content (AvgIpc) is 2.78. The number of hydrogen-bond donors (Lipinski definition) is 5. The molecular weight excluding hydrogens is 228 g/mol. The number of H-pyrrole nitrogens is 1. The van der Waals surface area contributed by atoms with Crippen LogP contribution in [-0.2, 0) is 4.79 Å². The van der Waals surface area contributed by atoms with E-state index in [4.69, 9.17) is 10.2 Å². The van der Waals surface area contributed by atoms with Crippen molar-refractivity contribution in [1.29, 1.82) is 0 Å². The van der Waals surface area contributed by atoms with Crippen LogP contribution in [0.25, 0.3) is 0 Å². The first-order chi connectivity index (χ1) is 8.00. The summed E-state index contributed by atoms with van der Waals surface area (Å²) in [5, 5.41) is 22.1. The van der Waals surface area contributed by atoms with E-state index in [1.54, 1.807) is 19.3 Å². The molecule has 17 heavy (non-hydrogen) atoms. The number of aromatic nitrogens is 2. The molecule has 1 rings (SSSR count). The number of aliphatic carboxylic acids is 1. The van der Waals surface area contributed by atoms with Gasteiger partial charge in [-0.3, -0.25) is 0 Å². The molecule has 0 aliphatic carbocycles. The van der Waals surface area contributed by atoms with E-state index in [9.17, 15) is 9.59 Å². The fourth-order valence-corrected chi connectivity index (χ4v) is 1.11. The van der Waals surface area contributed by atoms with E-state index in [1.807, 2.05) is 0 Å². The third kappa shape index (κ3) is 4.11. The van der Waals surface area contributed by atoms with Crippen LogP contribution in [0.15, 0.2) is 12.4 Å². The van der Waals surface area contributed by atoms with Crippen molar-refractivity contribution in [2.45, 2.75) is 19.1 Å².